The fourth-order valence-electron chi connectivity index (χ4n) is 3.91. The number of nitrogens with zero attached hydrogens (tertiary/aromatic N) is 2. The Balaban J connectivity index is 1.84. The largest absolute Gasteiger partial charge is 0.355 e. The Bertz CT molecular complexity index is 1420. The molecule has 0 saturated carbocycles. The van der Waals surface area contributed by atoms with E-state index in [0.717, 1.165) is 22.4 Å². The fourth-order valence-corrected chi connectivity index (χ4v) is 3.91. The molecule has 6 heteroatoms. The van der Waals surface area contributed by atoms with Gasteiger partial charge in [0.25, 0.3) is 0 Å². The Morgan fingerprint density at radius 3 is 1.57 bits per heavy atom. The zero-order valence-electron chi connectivity index (χ0n) is 15.6. The summed E-state index contributed by atoms with van der Waals surface area (Å²) in [6.07, 6.45) is 9.98. The topological polar surface area (TPSA) is 91.5 Å². The molecule has 0 spiro atoms. The van der Waals surface area contributed by atoms with Gasteiger partial charge in [-0.05, 0) is 72.9 Å². The minimum atomic E-state index is -0.279. The minimum Gasteiger partial charge on any atom is -0.355 e. The number of carbonyl (C=O) groups excluding carboxylic acids is 2. The second-order valence-electron chi connectivity index (χ2n) is 7.27. The van der Waals surface area contributed by atoms with Crippen LogP contribution in [0, 0.1) is 0 Å². The molecule has 2 N–H and O–H groups in total. The lowest BCUT2D eigenvalue weighted by atomic mass is 10.1. The van der Waals surface area contributed by atoms with Gasteiger partial charge in [-0.2, -0.15) is 0 Å². The molecule has 0 amide bonds. The smallest absolute Gasteiger partial charge is 0.190 e. The Kier molecular flexibility index (Phi) is 3.37. The van der Waals surface area contributed by atoms with Crippen molar-refractivity contribution in [1.82, 2.24) is 19.9 Å². The van der Waals surface area contributed by atoms with Crippen molar-refractivity contribution in [2.24, 2.45) is 0 Å². The van der Waals surface area contributed by atoms with Gasteiger partial charge in [0.05, 0.1) is 44.9 Å². The molecule has 0 unspecified atom stereocenters. The van der Waals surface area contributed by atoms with Crippen molar-refractivity contribution < 1.29 is 9.59 Å². The summed E-state index contributed by atoms with van der Waals surface area (Å²) < 4.78 is 0. The third-order valence-corrected chi connectivity index (χ3v) is 5.28. The second kappa shape index (κ2) is 6.09. The number of carbonyl (C=O) groups is 2. The normalized spacial score (nSPS) is 14.4. The summed E-state index contributed by atoms with van der Waals surface area (Å²) in [4.78, 5) is 41.8. The van der Waals surface area contributed by atoms with E-state index in [-0.39, 0.29) is 11.6 Å². The van der Waals surface area contributed by atoms with Gasteiger partial charge in [0.2, 0.25) is 0 Å². The summed E-state index contributed by atoms with van der Waals surface area (Å²) in [6, 6.07) is 11.4. The van der Waals surface area contributed by atoms with Gasteiger partial charge in [0.1, 0.15) is 0 Å². The number of ketones is 2. The Morgan fingerprint density at radius 1 is 0.567 bits per heavy atom. The number of hydrogen-bond donors (Lipinski definition) is 2. The molecule has 6 rings (SSSR count). The van der Waals surface area contributed by atoms with Crippen molar-refractivity contribution in [2.45, 2.75) is 0 Å². The molecule has 3 aliphatic rings. The third-order valence-electron chi connectivity index (χ3n) is 5.28. The van der Waals surface area contributed by atoms with Crippen molar-refractivity contribution in [1.29, 1.82) is 0 Å². The van der Waals surface area contributed by atoms with Crippen LogP contribution in [0.15, 0.2) is 48.6 Å². The summed E-state index contributed by atoms with van der Waals surface area (Å²) in [7, 11) is 0. The number of allylic oxidation sites excluding steroid dienone is 2. The molecule has 6 heterocycles. The van der Waals surface area contributed by atoms with E-state index in [1.807, 2.05) is 48.6 Å². The standard InChI is InChI=1S/C24H14N4O2/c29-21-9-10-22(30)24-18-6-4-16(27-18)12-14-2-1-13(25-14)11-15-3-5-17(26-15)23(21)19-7-8-20(24)28-19/h1-12,25,28H. The summed E-state index contributed by atoms with van der Waals surface area (Å²) >= 11 is 0. The zero-order valence-corrected chi connectivity index (χ0v) is 15.6. The molecule has 3 aromatic rings. The highest BCUT2D eigenvalue weighted by Gasteiger charge is 2.19. The van der Waals surface area contributed by atoms with Gasteiger partial charge < -0.3 is 9.97 Å². The number of H-pyrrole nitrogens is 2. The van der Waals surface area contributed by atoms with E-state index in [1.54, 1.807) is 12.1 Å². The summed E-state index contributed by atoms with van der Waals surface area (Å²) in [6.45, 7) is 0. The highest BCUT2D eigenvalue weighted by molar-refractivity contribution is 6.19. The first kappa shape index (κ1) is 16.6. The van der Waals surface area contributed by atoms with Crippen molar-refractivity contribution in [2.75, 3.05) is 0 Å². The number of fused-ring (bicyclic) bond motifs is 8. The van der Waals surface area contributed by atoms with Gasteiger partial charge in [-0.25, -0.2) is 9.97 Å². The van der Waals surface area contributed by atoms with E-state index >= 15 is 0 Å². The van der Waals surface area contributed by atoms with Crippen molar-refractivity contribution in [3.8, 4) is 0 Å². The number of aromatic amines is 2. The Labute approximate surface area is 170 Å². The average Bonchev–Trinajstić information content (AvgIpc) is 3.50. The van der Waals surface area contributed by atoms with Crippen LogP contribution in [-0.4, -0.2) is 31.5 Å². The van der Waals surface area contributed by atoms with E-state index in [1.165, 1.54) is 12.2 Å². The second-order valence-corrected chi connectivity index (χ2v) is 7.27. The van der Waals surface area contributed by atoms with Gasteiger partial charge >= 0.3 is 0 Å². The molecular weight excluding hydrogens is 376 g/mol. The van der Waals surface area contributed by atoms with Crippen LogP contribution < -0.4 is 0 Å². The first-order valence-electron chi connectivity index (χ1n) is 9.51. The van der Waals surface area contributed by atoms with Crippen LogP contribution in [0.1, 0.15) is 43.5 Å². The molecule has 0 saturated heterocycles. The number of hydrogen-bond acceptors (Lipinski definition) is 4. The van der Waals surface area contributed by atoms with Gasteiger partial charge in [0.15, 0.2) is 11.6 Å². The monoisotopic (exact) mass is 390 g/mol. The maximum Gasteiger partial charge on any atom is 0.190 e. The quantitative estimate of drug-likeness (QED) is 0.404. The van der Waals surface area contributed by atoms with Crippen LogP contribution in [0.3, 0.4) is 0 Å². The van der Waals surface area contributed by atoms with E-state index < -0.39 is 0 Å². The predicted molar refractivity (Wildman–Crippen MR) is 117 cm³/mol. The van der Waals surface area contributed by atoms with Gasteiger partial charge in [0, 0.05) is 11.0 Å². The Hall–Kier alpha value is -4.32. The molecule has 142 valence electrons. The molecular formula is C24H14N4O2. The first-order valence-corrected chi connectivity index (χ1v) is 9.51. The maximum absolute atomic E-state index is 13.0. The Morgan fingerprint density at radius 2 is 1.07 bits per heavy atom. The SMILES string of the molecule is O=C1C=CC(=O)c2c3nc(cc4ccc(cc5nc(c1c1ccc2[nH]1)C=C5)[nH]4)C=C3. The highest BCUT2D eigenvalue weighted by atomic mass is 16.1. The van der Waals surface area contributed by atoms with Crippen LogP contribution in [0.2, 0.25) is 0 Å². The lowest BCUT2D eigenvalue weighted by molar-refractivity contribution is 0.102. The van der Waals surface area contributed by atoms with Crippen LogP contribution in [0.5, 0.6) is 0 Å². The number of rotatable bonds is 0. The van der Waals surface area contributed by atoms with Gasteiger partial charge in [-0.1, -0.05) is 0 Å². The number of aromatic nitrogens is 4. The summed E-state index contributed by atoms with van der Waals surface area (Å²) in [5.74, 6) is -0.558. The first-order chi connectivity index (χ1) is 14.6. The van der Waals surface area contributed by atoms with Crippen molar-refractivity contribution in [3.05, 3.63) is 82.5 Å². The molecule has 0 radical (unpaired) electrons. The van der Waals surface area contributed by atoms with E-state index in [9.17, 15) is 9.59 Å². The van der Waals surface area contributed by atoms with Gasteiger partial charge in [-0.3, -0.25) is 9.59 Å². The van der Waals surface area contributed by atoms with Crippen molar-refractivity contribution in [3.63, 3.8) is 0 Å². The van der Waals surface area contributed by atoms with E-state index in [2.05, 4.69) is 19.9 Å². The molecule has 10 bridgehead atoms. The molecule has 0 aliphatic carbocycles. The molecule has 0 aromatic carbocycles. The molecule has 3 aromatic heterocycles. The van der Waals surface area contributed by atoms with E-state index in [4.69, 9.17) is 0 Å². The van der Waals surface area contributed by atoms with Crippen molar-refractivity contribution >= 4 is 57.9 Å². The minimum absolute atomic E-state index is 0.279. The summed E-state index contributed by atoms with van der Waals surface area (Å²) in [5.41, 5.74) is 6.45. The predicted octanol–water partition coefficient (Wildman–Crippen LogP) is 4.59. The van der Waals surface area contributed by atoms with Crippen LogP contribution in [0.4, 0.5) is 0 Å². The molecule has 6 nitrogen and oxygen atoms in total. The zero-order chi connectivity index (χ0) is 20.2. The van der Waals surface area contributed by atoms with Crippen LogP contribution in [0.25, 0.3) is 46.4 Å². The van der Waals surface area contributed by atoms with Gasteiger partial charge in [-0.15, -0.1) is 0 Å². The third kappa shape index (κ3) is 2.58. The molecule has 3 aliphatic heterocycles. The molecule has 0 atom stereocenters. The fraction of sp³-hybridized carbons (Fsp3) is 0. The summed E-state index contributed by atoms with van der Waals surface area (Å²) in [5, 5.41) is 0. The lowest BCUT2D eigenvalue weighted by Crippen LogP contribution is -2.01. The van der Waals surface area contributed by atoms with E-state index in [0.29, 0.717) is 33.5 Å². The molecule has 0 fully saturated rings. The van der Waals surface area contributed by atoms with Crippen LogP contribution >= 0.6 is 0 Å². The lowest BCUT2D eigenvalue weighted by Gasteiger charge is -1.97. The van der Waals surface area contributed by atoms with Crippen LogP contribution in [-0.2, 0) is 0 Å². The molecule has 30 heavy (non-hydrogen) atoms. The number of nitrogens with one attached hydrogen (secondary N) is 2. The highest BCUT2D eigenvalue weighted by Crippen LogP contribution is 2.25. The average molecular weight is 390 g/mol. The maximum atomic E-state index is 13.0.